The summed E-state index contributed by atoms with van der Waals surface area (Å²) < 4.78 is 41.2. The Morgan fingerprint density at radius 1 is 1.10 bits per heavy atom. The molecule has 2 aromatic rings. The van der Waals surface area contributed by atoms with Gasteiger partial charge in [-0.2, -0.15) is 0 Å². The molecule has 0 aromatic heterocycles. The number of nitrogens with two attached hydrogens (primary N) is 1. The van der Waals surface area contributed by atoms with Crippen LogP contribution in [0, 0.1) is 5.82 Å². The fraction of sp³-hybridized carbons (Fsp3) is 0.0769. The van der Waals surface area contributed by atoms with E-state index in [1.165, 1.54) is 24.3 Å². The highest BCUT2D eigenvalue weighted by atomic mass is 79.9. The number of anilines is 1. The second-order valence-corrected chi connectivity index (χ2v) is 7.69. The van der Waals surface area contributed by atoms with Gasteiger partial charge in [0.15, 0.2) is 0 Å². The van der Waals surface area contributed by atoms with E-state index in [0.29, 0.717) is 20.2 Å². The van der Waals surface area contributed by atoms with Gasteiger partial charge in [0.25, 0.3) is 0 Å². The minimum atomic E-state index is -3.76. The van der Waals surface area contributed by atoms with Gasteiger partial charge in [0.1, 0.15) is 5.82 Å². The van der Waals surface area contributed by atoms with Crippen molar-refractivity contribution >= 4 is 47.6 Å². The monoisotopic (exact) mass is 436 g/mol. The van der Waals surface area contributed by atoms with Crippen molar-refractivity contribution in [1.29, 1.82) is 0 Å². The molecule has 0 aliphatic rings. The van der Waals surface area contributed by atoms with E-state index >= 15 is 0 Å². The first-order chi connectivity index (χ1) is 9.79. The molecular weight excluding hydrogens is 427 g/mol. The van der Waals surface area contributed by atoms with Crippen molar-refractivity contribution in [3.63, 3.8) is 0 Å². The van der Waals surface area contributed by atoms with E-state index in [9.17, 15) is 12.8 Å². The Balaban J connectivity index is 2.26. The minimum absolute atomic E-state index is 0.0371. The van der Waals surface area contributed by atoms with E-state index in [0.717, 1.165) is 0 Å². The summed E-state index contributed by atoms with van der Waals surface area (Å²) in [5, 5.41) is 0. The molecule has 21 heavy (non-hydrogen) atoms. The number of nitrogens with one attached hydrogen (secondary N) is 1. The van der Waals surface area contributed by atoms with Crippen LogP contribution >= 0.6 is 31.9 Å². The molecule has 0 radical (unpaired) electrons. The van der Waals surface area contributed by atoms with Gasteiger partial charge in [-0.05, 0) is 57.9 Å². The summed E-state index contributed by atoms with van der Waals surface area (Å²) in [6.07, 6.45) is 0. The van der Waals surface area contributed by atoms with Crippen LogP contribution in [-0.4, -0.2) is 8.42 Å². The number of benzene rings is 2. The van der Waals surface area contributed by atoms with Gasteiger partial charge in [-0.25, -0.2) is 17.5 Å². The predicted octanol–water partition coefficient (Wildman–Crippen LogP) is 3.41. The Labute approximate surface area is 138 Å². The van der Waals surface area contributed by atoms with Crippen molar-refractivity contribution in [1.82, 2.24) is 4.72 Å². The average Bonchev–Trinajstić information content (AvgIpc) is 2.42. The molecule has 0 atom stereocenters. The van der Waals surface area contributed by atoms with Gasteiger partial charge >= 0.3 is 0 Å². The molecule has 0 saturated carbocycles. The second-order valence-electron chi connectivity index (χ2n) is 4.25. The summed E-state index contributed by atoms with van der Waals surface area (Å²) >= 11 is 6.42. The average molecular weight is 438 g/mol. The first-order valence-electron chi connectivity index (χ1n) is 5.78. The molecule has 0 aliphatic carbocycles. The molecular formula is C13H11Br2FN2O2S. The molecule has 0 heterocycles. The number of rotatable bonds is 4. The van der Waals surface area contributed by atoms with E-state index < -0.39 is 15.8 Å². The summed E-state index contributed by atoms with van der Waals surface area (Å²) in [7, 11) is -3.76. The Morgan fingerprint density at radius 3 is 2.48 bits per heavy atom. The van der Waals surface area contributed by atoms with Crippen LogP contribution in [-0.2, 0) is 16.6 Å². The SMILES string of the molecule is Nc1ccc(Br)c(S(=O)(=O)NCc2cc(F)ccc2Br)c1. The summed E-state index contributed by atoms with van der Waals surface area (Å²) in [4.78, 5) is 0.0371. The standard InChI is InChI=1S/C13H11Br2FN2O2S/c14-11-3-1-9(16)5-8(11)7-18-21(19,20)13-6-10(17)2-4-12(13)15/h1-6,18H,7,17H2. The van der Waals surface area contributed by atoms with Crippen LogP contribution in [0.15, 0.2) is 50.2 Å². The van der Waals surface area contributed by atoms with E-state index in [2.05, 4.69) is 36.6 Å². The van der Waals surface area contributed by atoms with Gasteiger partial charge in [0.05, 0.1) is 4.90 Å². The number of sulfonamides is 1. The molecule has 0 bridgehead atoms. The molecule has 2 rings (SSSR count). The predicted molar refractivity (Wildman–Crippen MR) is 86.7 cm³/mol. The van der Waals surface area contributed by atoms with E-state index in [1.54, 1.807) is 12.1 Å². The van der Waals surface area contributed by atoms with Gasteiger partial charge in [0.2, 0.25) is 10.0 Å². The number of hydrogen-bond acceptors (Lipinski definition) is 3. The molecule has 0 spiro atoms. The summed E-state index contributed by atoms with van der Waals surface area (Å²) in [5.41, 5.74) is 6.44. The zero-order valence-electron chi connectivity index (χ0n) is 10.6. The molecule has 3 N–H and O–H groups in total. The highest BCUT2D eigenvalue weighted by Crippen LogP contribution is 2.25. The molecule has 2 aromatic carbocycles. The molecule has 0 saturated heterocycles. The summed E-state index contributed by atoms with van der Waals surface area (Å²) in [5.74, 6) is -0.433. The zero-order chi connectivity index (χ0) is 15.6. The van der Waals surface area contributed by atoms with Crippen molar-refractivity contribution in [2.75, 3.05) is 5.73 Å². The minimum Gasteiger partial charge on any atom is -0.399 e. The molecule has 4 nitrogen and oxygen atoms in total. The smallest absolute Gasteiger partial charge is 0.242 e. The Morgan fingerprint density at radius 2 is 1.76 bits per heavy atom. The summed E-state index contributed by atoms with van der Waals surface area (Å²) in [6, 6.07) is 8.58. The third-order valence-electron chi connectivity index (χ3n) is 2.71. The number of hydrogen-bond donors (Lipinski definition) is 2. The lowest BCUT2D eigenvalue weighted by Crippen LogP contribution is -2.24. The van der Waals surface area contributed by atoms with E-state index in [4.69, 9.17) is 5.73 Å². The first-order valence-corrected chi connectivity index (χ1v) is 8.85. The van der Waals surface area contributed by atoms with Crippen LogP contribution in [0.25, 0.3) is 0 Å². The van der Waals surface area contributed by atoms with Crippen molar-refractivity contribution < 1.29 is 12.8 Å². The number of halogens is 3. The van der Waals surface area contributed by atoms with Gasteiger partial charge in [0, 0.05) is 21.2 Å². The molecule has 0 fully saturated rings. The Bertz CT molecular complexity index is 782. The van der Waals surface area contributed by atoms with Crippen molar-refractivity contribution in [2.45, 2.75) is 11.4 Å². The van der Waals surface area contributed by atoms with Crippen molar-refractivity contribution in [3.05, 3.63) is 56.7 Å². The third-order valence-corrected chi connectivity index (χ3v) is 5.87. The fourth-order valence-corrected chi connectivity index (χ4v) is 4.04. The highest BCUT2D eigenvalue weighted by molar-refractivity contribution is 9.10. The van der Waals surface area contributed by atoms with E-state index in [1.807, 2.05) is 0 Å². The summed E-state index contributed by atoms with van der Waals surface area (Å²) in [6.45, 7) is -0.0398. The fourth-order valence-electron chi connectivity index (χ4n) is 1.66. The molecule has 8 heteroatoms. The van der Waals surface area contributed by atoms with Crippen LogP contribution in [0.2, 0.25) is 0 Å². The Hall–Kier alpha value is -0.960. The normalized spacial score (nSPS) is 11.6. The molecule has 0 aliphatic heterocycles. The zero-order valence-corrected chi connectivity index (χ0v) is 14.6. The van der Waals surface area contributed by atoms with Crippen LogP contribution in [0.1, 0.15) is 5.56 Å². The van der Waals surface area contributed by atoms with Gasteiger partial charge < -0.3 is 5.73 Å². The largest absolute Gasteiger partial charge is 0.399 e. The number of nitrogen functional groups attached to an aromatic ring is 1. The van der Waals surface area contributed by atoms with Crippen LogP contribution < -0.4 is 10.5 Å². The lowest BCUT2D eigenvalue weighted by atomic mass is 10.2. The maximum absolute atomic E-state index is 13.2. The Kier molecular flexibility index (Phi) is 5.03. The van der Waals surface area contributed by atoms with Crippen LogP contribution in [0.5, 0.6) is 0 Å². The lowest BCUT2D eigenvalue weighted by molar-refractivity contribution is 0.579. The topological polar surface area (TPSA) is 72.2 Å². The van der Waals surface area contributed by atoms with Gasteiger partial charge in [-0.1, -0.05) is 15.9 Å². The second kappa shape index (κ2) is 6.43. The van der Waals surface area contributed by atoms with Crippen molar-refractivity contribution in [3.8, 4) is 0 Å². The quantitative estimate of drug-likeness (QED) is 0.720. The molecule has 112 valence electrons. The molecule has 0 unspecified atom stereocenters. The van der Waals surface area contributed by atoms with E-state index in [-0.39, 0.29) is 11.4 Å². The lowest BCUT2D eigenvalue weighted by Gasteiger charge is -2.10. The third kappa shape index (κ3) is 4.03. The first kappa shape index (κ1) is 16.4. The van der Waals surface area contributed by atoms with Crippen LogP contribution in [0.3, 0.4) is 0 Å². The molecule has 0 amide bonds. The maximum Gasteiger partial charge on any atom is 0.242 e. The van der Waals surface area contributed by atoms with Gasteiger partial charge in [-0.3, -0.25) is 0 Å². The van der Waals surface area contributed by atoms with Crippen molar-refractivity contribution in [2.24, 2.45) is 0 Å². The van der Waals surface area contributed by atoms with Gasteiger partial charge in [-0.15, -0.1) is 0 Å². The highest BCUT2D eigenvalue weighted by Gasteiger charge is 2.18. The van der Waals surface area contributed by atoms with Crippen LogP contribution in [0.4, 0.5) is 10.1 Å². The maximum atomic E-state index is 13.2.